The fraction of sp³-hybridized carbons (Fsp3) is 0.583. The van der Waals surface area contributed by atoms with E-state index in [9.17, 15) is 4.79 Å². The molecule has 0 N–H and O–H groups in total. The summed E-state index contributed by atoms with van der Waals surface area (Å²) < 4.78 is 5.26. The van der Waals surface area contributed by atoms with Gasteiger partial charge in [0.1, 0.15) is 6.10 Å². The van der Waals surface area contributed by atoms with Gasteiger partial charge in [-0.3, -0.25) is 0 Å². The average Bonchev–Trinajstić information content (AvgIpc) is 2.83. The van der Waals surface area contributed by atoms with E-state index in [0.717, 1.165) is 25.2 Å². The molecule has 3 heteroatoms. The lowest BCUT2D eigenvalue weighted by Crippen LogP contribution is -2.25. The van der Waals surface area contributed by atoms with E-state index in [2.05, 4.69) is 4.90 Å². The molecule has 0 bridgehead atoms. The second kappa shape index (κ2) is 4.51. The van der Waals surface area contributed by atoms with Gasteiger partial charge in [-0.2, -0.15) is 0 Å². The van der Waals surface area contributed by atoms with Crippen LogP contribution in [0.4, 0.5) is 0 Å². The summed E-state index contributed by atoms with van der Waals surface area (Å²) in [6.07, 6.45) is 8.89. The highest BCUT2D eigenvalue weighted by Gasteiger charge is 2.30. The van der Waals surface area contributed by atoms with E-state index in [1.165, 1.54) is 12.8 Å². The Bertz CT molecular complexity index is 301. The molecule has 0 saturated carbocycles. The molecule has 1 fully saturated rings. The molecule has 2 aliphatic rings. The third-order valence-electron chi connectivity index (χ3n) is 2.91. The van der Waals surface area contributed by atoms with E-state index in [4.69, 9.17) is 4.74 Å². The molecule has 15 heavy (non-hydrogen) atoms. The first-order chi connectivity index (χ1) is 7.31. The third kappa shape index (κ3) is 2.22. The fourth-order valence-electron chi connectivity index (χ4n) is 2.15. The molecule has 2 heterocycles. The molecule has 1 unspecified atom stereocenters. The quantitative estimate of drug-likeness (QED) is 0.522. The zero-order chi connectivity index (χ0) is 10.7. The topological polar surface area (TPSA) is 29.5 Å². The molecule has 2 aliphatic heterocycles. The first-order valence-corrected chi connectivity index (χ1v) is 5.59. The number of allylic oxidation sites excluding steroid dienone is 1. The van der Waals surface area contributed by atoms with Gasteiger partial charge >= 0.3 is 5.97 Å². The Balaban J connectivity index is 2.05. The summed E-state index contributed by atoms with van der Waals surface area (Å²) >= 11 is 0. The zero-order valence-corrected chi connectivity index (χ0v) is 9.11. The first kappa shape index (κ1) is 10.3. The highest BCUT2D eigenvalue weighted by molar-refractivity contribution is 5.85. The highest BCUT2D eigenvalue weighted by Crippen LogP contribution is 2.26. The molecule has 0 aromatic carbocycles. The molecule has 0 amide bonds. The summed E-state index contributed by atoms with van der Waals surface area (Å²) in [6.45, 7) is 4.11. The third-order valence-corrected chi connectivity index (χ3v) is 2.91. The van der Waals surface area contributed by atoms with Crippen LogP contribution in [-0.4, -0.2) is 30.1 Å². The van der Waals surface area contributed by atoms with Crippen LogP contribution in [0.5, 0.6) is 0 Å². The Kier molecular flexibility index (Phi) is 3.09. The van der Waals surface area contributed by atoms with Gasteiger partial charge in [0.05, 0.1) is 5.70 Å². The van der Waals surface area contributed by atoms with Crippen LogP contribution in [-0.2, 0) is 9.53 Å². The molecular formula is C12H17NO2. The second-order valence-electron chi connectivity index (χ2n) is 3.99. The molecule has 0 spiro atoms. The van der Waals surface area contributed by atoms with Gasteiger partial charge in [-0.1, -0.05) is 12.2 Å². The fourth-order valence-corrected chi connectivity index (χ4v) is 2.15. The Morgan fingerprint density at radius 3 is 2.93 bits per heavy atom. The average molecular weight is 207 g/mol. The van der Waals surface area contributed by atoms with Crippen LogP contribution < -0.4 is 0 Å². The van der Waals surface area contributed by atoms with Crippen molar-refractivity contribution in [2.75, 3.05) is 13.1 Å². The number of carbonyl (C=O) groups excluding carboxylic acids is 1. The molecule has 3 nitrogen and oxygen atoms in total. The number of rotatable bonds is 3. The zero-order valence-electron chi connectivity index (χ0n) is 9.11. The molecule has 2 rings (SSSR count). The van der Waals surface area contributed by atoms with Crippen LogP contribution in [0.2, 0.25) is 0 Å². The molecule has 0 aromatic heterocycles. The van der Waals surface area contributed by atoms with Crippen molar-refractivity contribution in [2.45, 2.75) is 32.3 Å². The van der Waals surface area contributed by atoms with Gasteiger partial charge in [0.2, 0.25) is 0 Å². The van der Waals surface area contributed by atoms with Crippen molar-refractivity contribution in [1.29, 1.82) is 0 Å². The van der Waals surface area contributed by atoms with Gasteiger partial charge in [0.15, 0.2) is 0 Å². The van der Waals surface area contributed by atoms with Crippen LogP contribution in [0.25, 0.3) is 0 Å². The van der Waals surface area contributed by atoms with E-state index >= 15 is 0 Å². The molecule has 1 saturated heterocycles. The number of hydrogen-bond donors (Lipinski definition) is 0. The maximum Gasteiger partial charge on any atom is 0.333 e. The molecule has 1 atom stereocenters. The van der Waals surface area contributed by atoms with E-state index < -0.39 is 0 Å². The summed E-state index contributed by atoms with van der Waals surface area (Å²) in [5.41, 5.74) is 1.08. The van der Waals surface area contributed by atoms with Crippen LogP contribution in [0.3, 0.4) is 0 Å². The summed E-state index contributed by atoms with van der Waals surface area (Å²) in [6, 6.07) is 0. The minimum atomic E-state index is -0.189. The highest BCUT2D eigenvalue weighted by atomic mass is 16.5. The van der Waals surface area contributed by atoms with E-state index in [-0.39, 0.29) is 12.1 Å². The van der Waals surface area contributed by atoms with Crippen molar-refractivity contribution in [1.82, 2.24) is 4.90 Å². The van der Waals surface area contributed by atoms with Crippen molar-refractivity contribution < 1.29 is 9.53 Å². The van der Waals surface area contributed by atoms with Crippen LogP contribution in [0.1, 0.15) is 26.2 Å². The van der Waals surface area contributed by atoms with E-state index in [1.54, 1.807) is 6.08 Å². The molecular weight excluding hydrogens is 190 g/mol. The minimum absolute atomic E-state index is 0.0493. The lowest BCUT2D eigenvalue weighted by Gasteiger charge is -2.22. The van der Waals surface area contributed by atoms with Gasteiger partial charge in [-0.15, -0.1) is 0 Å². The lowest BCUT2D eigenvalue weighted by atomic mass is 10.1. The van der Waals surface area contributed by atoms with Gasteiger partial charge in [-0.25, -0.2) is 4.79 Å². The van der Waals surface area contributed by atoms with Gasteiger partial charge in [0.25, 0.3) is 0 Å². The standard InChI is InChI=1S/C12H17NO2/c1-2-3-6-11-10(9-12(14)15-11)13-7-4-5-8-13/h2-3,9,11H,4-8H2,1H3/b3-2+. The Hall–Kier alpha value is -1.25. The van der Waals surface area contributed by atoms with Crippen LogP contribution in [0, 0.1) is 0 Å². The summed E-state index contributed by atoms with van der Waals surface area (Å²) in [4.78, 5) is 13.5. The van der Waals surface area contributed by atoms with Crippen LogP contribution >= 0.6 is 0 Å². The van der Waals surface area contributed by atoms with Gasteiger partial charge in [0, 0.05) is 25.6 Å². The lowest BCUT2D eigenvalue weighted by molar-refractivity contribution is -0.138. The van der Waals surface area contributed by atoms with Crippen molar-refractivity contribution in [3.8, 4) is 0 Å². The number of cyclic esters (lactones) is 1. The summed E-state index contributed by atoms with van der Waals surface area (Å²) in [7, 11) is 0. The second-order valence-corrected chi connectivity index (χ2v) is 3.99. The van der Waals surface area contributed by atoms with E-state index in [0.29, 0.717) is 0 Å². The minimum Gasteiger partial charge on any atom is -0.452 e. The number of hydrogen-bond acceptors (Lipinski definition) is 3. The van der Waals surface area contributed by atoms with Gasteiger partial charge < -0.3 is 9.64 Å². The van der Waals surface area contributed by atoms with Crippen LogP contribution in [0.15, 0.2) is 23.9 Å². The number of esters is 1. The SMILES string of the molecule is C/C=C/CC1OC(=O)C=C1N1CCCC1. The maximum absolute atomic E-state index is 11.2. The molecule has 0 radical (unpaired) electrons. The Morgan fingerprint density at radius 2 is 2.27 bits per heavy atom. The molecule has 0 aliphatic carbocycles. The predicted octanol–water partition coefficient (Wildman–Crippen LogP) is 1.86. The largest absolute Gasteiger partial charge is 0.452 e. The van der Waals surface area contributed by atoms with E-state index in [1.807, 2.05) is 19.1 Å². The molecule has 82 valence electrons. The van der Waals surface area contributed by atoms with Crippen molar-refractivity contribution in [3.05, 3.63) is 23.9 Å². The summed E-state index contributed by atoms with van der Waals surface area (Å²) in [5.74, 6) is -0.189. The van der Waals surface area contributed by atoms with Gasteiger partial charge in [-0.05, 0) is 19.8 Å². The first-order valence-electron chi connectivity index (χ1n) is 5.59. The smallest absolute Gasteiger partial charge is 0.333 e. The predicted molar refractivity (Wildman–Crippen MR) is 58.2 cm³/mol. The molecule has 0 aromatic rings. The van der Waals surface area contributed by atoms with Crippen molar-refractivity contribution >= 4 is 5.97 Å². The Morgan fingerprint density at radius 1 is 1.53 bits per heavy atom. The summed E-state index contributed by atoms with van der Waals surface area (Å²) in [5, 5.41) is 0. The van der Waals surface area contributed by atoms with Crippen molar-refractivity contribution in [2.24, 2.45) is 0 Å². The number of ether oxygens (including phenoxy) is 1. The number of carbonyl (C=O) groups is 1. The monoisotopic (exact) mass is 207 g/mol. The Labute approximate surface area is 90.4 Å². The number of likely N-dealkylation sites (tertiary alicyclic amines) is 1. The number of nitrogens with zero attached hydrogens (tertiary/aromatic N) is 1. The normalized spacial score (nSPS) is 26.2. The van der Waals surface area contributed by atoms with Crippen molar-refractivity contribution in [3.63, 3.8) is 0 Å². The maximum atomic E-state index is 11.2.